The van der Waals surface area contributed by atoms with E-state index < -0.39 is 0 Å². The van der Waals surface area contributed by atoms with E-state index in [1.807, 2.05) is 29.2 Å². The number of piperidine rings is 1. The molecular weight excluding hydrogens is 310 g/mol. The van der Waals surface area contributed by atoms with Crippen molar-refractivity contribution in [1.29, 1.82) is 0 Å². The first-order valence-electron chi connectivity index (χ1n) is 8.52. The highest BCUT2D eigenvalue weighted by Crippen LogP contribution is 2.31. The minimum Gasteiger partial charge on any atom is -0.342 e. The van der Waals surface area contributed by atoms with Crippen LogP contribution in [0.4, 0.5) is 0 Å². The number of thiazole rings is 1. The Morgan fingerprint density at radius 3 is 2.48 bits per heavy atom. The zero-order valence-electron chi connectivity index (χ0n) is 13.9. The number of likely N-dealkylation sites (tertiary alicyclic amines) is 1. The first-order chi connectivity index (χ1) is 11.1. The molecule has 6 heteroatoms. The van der Waals surface area contributed by atoms with Gasteiger partial charge in [-0.3, -0.25) is 9.59 Å². The highest BCUT2D eigenvalue weighted by molar-refractivity contribution is 7.09. The zero-order valence-corrected chi connectivity index (χ0v) is 14.7. The van der Waals surface area contributed by atoms with E-state index in [-0.39, 0.29) is 23.8 Å². The van der Waals surface area contributed by atoms with Gasteiger partial charge in [-0.25, -0.2) is 4.98 Å². The molecule has 2 fully saturated rings. The second kappa shape index (κ2) is 6.99. The average Bonchev–Trinajstić information content (AvgIpc) is 3.05. The van der Waals surface area contributed by atoms with Gasteiger partial charge in [-0.05, 0) is 32.6 Å². The van der Waals surface area contributed by atoms with Crippen LogP contribution in [0.25, 0.3) is 0 Å². The molecule has 0 radical (unpaired) electrons. The highest BCUT2D eigenvalue weighted by atomic mass is 32.1. The van der Waals surface area contributed by atoms with Crippen LogP contribution in [-0.2, 0) is 9.59 Å². The lowest BCUT2D eigenvalue weighted by Gasteiger charge is -2.37. The van der Waals surface area contributed by atoms with E-state index in [1.54, 1.807) is 17.5 Å². The lowest BCUT2D eigenvalue weighted by Crippen LogP contribution is -2.46. The van der Waals surface area contributed by atoms with E-state index in [0.717, 1.165) is 43.8 Å². The number of rotatable bonds is 4. The van der Waals surface area contributed by atoms with Gasteiger partial charge in [-0.2, -0.15) is 0 Å². The van der Waals surface area contributed by atoms with Gasteiger partial charge in [0.15, 0.2) is 0 Å². The molecule has 3 rings (SSSR count). The summed E-state index contributed by atoms with van der Waals surface area (Å²) < 4.78 is 0. The maximum atomic E-state index is 12.7. The minimum absolute atomic E-state index is 0.0112. The van der Waals surface area contributed by atoms with Gasteiger partial charge in [0, 0.05) is 43.5 Å². The van der Waals surface area contributed by atoms with Gasteiger partial charge in [0.2, 0.25) is 11.8 Å². The van der Waals surface area contributed by atoms with E-state index in [0.29, 0.717) is 5.91 Å². The van der Waals surface area contributed by atoms with Crippen molar-refractivity contribution in [1.82, 2.24) is 14.8 Å². The largest absolute Gasteiger partial charge is 0.342 e. The summed E-state index contributed by atoms with van der Waals surface area (Å²) in [6, 6.07) is 0.0112. The third-order valence-corrected chi connectivity index (χ3v) is 6.29. The Kier molecular flexibility index (Phi) is 4.99. The van der Waals surface area contributed by atoms with Crippen molar-refractivity contribution in [3.63, 3.8) is 0 Å². The van der Waals surface area contributed by atoms with E-state index >= 15 is 0 Å². The molecule has 0 spiro atoms. The van der Waals surface area contributed by atoms with Crippen molar-refractivity contribution in [2.75, 3.05) is 20.1 Å². The Morgan fingerprint density at radius 2 is 1.96 bits per heavy atom. The molecule has 126 valence electrons. The number of hydrogen-bond donors (Lipinski definition) is 0. The second-order valence-electron chi connectivity index (χ2n) is 6.72. The van der Waals surface area contributed by atoms with E-state index in [9.17, 15) is 9.59 Å². The predicted octanol–water partition coefficient (Wildman–Crippen LogP) is 2.70. The van der Waals surface area contributed by atoms with Crippen LogP contribution in [0.2, 0.25) is 0 Å². The molecule has 0 aromatic carbocycles. The summed E-state index contributed by atoms with van der Waals surface area (Å²) >= 11 is 1.58. The maximum Gasteiger partial charge on any atom is 0.226 e. The fraction of sp³-hybridized carbons (Fsp3) is 0.706. The minimum atomic E-state index is 0.0112. The zero-order chi connectivity index (χ0) is 16.4. The number of nitrogens with zero attached hydrogens (tertiary/aromatic N) is 3. The van der Waals surface area contributed by atoms with Crippen LogP contribution >= 0.6 is 11.3 Å². The van der Waals surface area contributed by atoms with Crippen LogP contribution < -0.4 is 0 Å². The number of carbonyl (C=O) groups is 2. The van der Waals surface area contributed by atoms with E-state index in [2.05, 4.69) is 4.98 Å². The topological polar surface area (TPSA) is 53.5 Å². The summed E-state index contributed by atoms with van der Waals surface area (Å²) in [7, 11) is 1.86. The average molecular weight is 335 g/mol. The molecule has 1 aliphatic heterocycles. The molecule has 0 bridgehead atoms. The third-order valence-electron chi connectivity index (χ3n) is 5.35. The Morgan fingerprint density at radius 1 is 1.26 bits per heavy atom. The summed E-state index contributed by atoms with van der Waals surface area (Å²) in [6.45, 7) is 3.47. The number of aromatic nitrogens is 1. The van der Waals surface area contributed by atoms with Gasteiger partial charge in [-0.1, -0.05) is 6.42 Å². The number of hydrogen-bond acceptors (Lipinski definition) is 4. The van der Waals surface area contributed by atoms with Gasteiger partial charge < -0.3 is 9.80 Å². The normalized spacial score (nSPS) is 20.9. The van der Waals surface area contributed by atoms with Crippen molar-refractivity contribution < 1.29 is 9.59 Å². The van der Waals surface area contributed by atoms with Crippen molar-refractivity contribution in [2.24, 2.45) is 11.8 Å². The lowest BCUT2D eigenvalue weighted by atomic mass is 9.83. The molecule has 0 N–H and O–H groups in total. The molecule has 2 aliphatic rings. The summed E-state index contributed by atoms with van der Waals surface area (Å²) in [6.07, 6.45) is 6.63. The van der Waals surface area contributed by atoms with Crippen LogP contribution in [0, 0.1) is 11.8 Å². The Hall–Kier alpha value is -1.43. The first-order valence-corrected chi connectivity index (χ1v) is 9.40. The molecule has 5 nitrogen and oxygen atoms in total. The molecule has 0 unspecified atom stereocenters. The van der Waals surface area contributed by atoms with E-state index in [4.69, 9.17) is 0 Å². The fourth-order valence-corrected chi connectivity index (χ4v) is 4.08. The molecule has 23 heavy (non-hydrogen) atoms. The van der Waals surface area contributed by atoms with Crippen LogP contribution in [0.5, 0.6) is 0 Å². The monoisotopic (exact) mass is 335 g/mol. The van der Waals surface area contributed by atoms with Crippen LogP contribution in [0.15, 0.2) is 11.6 Å². The summed E-state index contributed by atoms with van der Waals surface area (Å²) in [5.41, 5.74) is 0. The standard InChI is InChI=1S/C17H25N3O2S/c1-12(15-18-8-11-23-15)19(2)16(21)14-6-9-20(10-7-14)17(22)13-4-3-5-13/h8,11-14H,3-7,9-10H2,1-2H3/t12-/m1/s1. The molecule has 1 saturated heterocycles. The summed E-state index contributed by atoms with van der Waals surface area (Å²) in [4.78, 5) is 33.1. The molecule has 1 aliphatic carbocycles. The third kappa shape index (κ3) is 3.42. The van der Waals surface area contributed by atoms with Gasteiger partial charge in [0.25, 0.3) is 0 Å². The Labute approximate surface area is 141 Å². The molecule has 1 aromatic rings. The lowest BCUT2D eigenvalue weighted by molar-refractivity contribution is -0.144. The Balaban J connectivity index is 1.52. The van der Waals surface area contributed by atoms with Crippen molar-refractivity contribution in [3.8, 4) is 0 Å². The fourth-order valence-electron chi connectivity index (χ4n) is 3.35. The predicted molar refractivity (Wildman–Crippen MR) is 89.9 cm³/mol. The van der Waals surface area contributed by atoms with E-state index in [1.165, 1.54) is 6.42 Å². The van der Waals surface area contributed by atoms with Gasteiger partial charge in [0.05, 0.1) is 6.04 Å². The van der Waals surface area contributed by atoms with Gasteiger partial charge in [-0.15, -0.1) is 11.3 Å². The van der Waals surface area contributed by atoms with Gasteiger partial charge >= 0.3 is 0 Å². The molecular formula is C17H25N3O2S. The summed E-state index contributed by atoms with van der Waals surface area (Å²) in [5, 5.41) is 2.91. The van der Waals surface area contributed by atoms with Crippen LogP contribution in [0.1, 0.15) is 50.1 Å². The second-order valence-corrected chi connectivity index (χ2v) is 7.65. The first kappa shape index (κ1) is 16.4. The highest BCUT2D eigenvalue weighted by Gasteiger charge is 2.34. The smallest absolute Gasteiger partial charge is 0.226 e. The van der Waals surface area contributed by atoms with Crippen LogP contribution in [-0.4, -0.2) is 46.7 Å². The van der Waals surface area contributed by atoms with Crippen molar-refractivity contribution in [2.45, 2.75) is 45.1 Å². The molecule has 1 aromatic heterocycles. The molecule has 1 saturated carbocycles. The maximum absolute atomic E-state index is 12.7. The van der Waals surface area contributed by atoms with Crippen molar-refractivity contribution in [3.05, 3.63) is 16.6 Å². The Bertz CT molecular complexity index is 548. The number of carbonyl (C=O) groups excluding carboxylic acids is 2. The SMILES string of the molecule is C[C@H](c1nccs1)N(C)C(=O)C1CCN(C(=O)C2CCC2)CC1. The van der Waals surface area contributed by atoms with Crippen LogP contribution in [0.3, 0.4) is 0 Å². The number of amides is 2. The molecule has 2 heterocycles. The molecule has 1 atom stereocenters. The quantitative estimate of drug-likeness (QED) is 0.850. The summed E-state index contributed by atoms with van der Waals surface area (Å²) in [5.74, 6) is 0.790. The molecule has 2 amide bonds. The van der Waals surface area contributed by atoms with Gasteiger partial charge in [0.1, 0.15) is 5.01 Å². The van der Waals surface area contributed by atoms with Crippen molar-refractivity contribution >= 4 is 23.2 Å².